The molecular weight excluding hydrogens is 398 g/mol. The number of ketones is 1. The van der Waals surface area contributed by atoms with Gasteiger partial charge in [-0.1, -0.05) is 55.0 Å². The Hall–Kier alpha value is -3.21. The summed E-state index contributed by atoms with van der Waals surface area (Å²) in [6.45, 7) is 0.496. The summed E-state index contributed by atoms with van der Waals surface area (Å²) in [7, 11) is 1.88. The zero-order valence-corrected chi connectivity index (χ0v) is 18.5. The molecule has 1 heterocycles. The molecule has 2 aromatic carbocycles. The Morgan fingerprint density at radius 1 is 1.00 bits per heavy atom. The van der Waals surface area contributed by atoms with Crippen LogP contribution in [0.1, 0.15) is 37.7 Å². The first-order valence-electron chi connectivity index (χ1n) is 11.6. The summed E-state index contributed by atoms with van der Waals surface area (Å²) in [4.78, 5) is 27.6. The van der Waals surface area contributed by atoms with Crippen LogP contribution < -0.4 is 0 Å². The van der Waals surface area contributed by atoms with Gasteiger partial charge in [0.05, 0.1) is 11.4 Å². The number of benzene rings is 2. The Morgan fingerprint density at radius 2 is 1.62 bits per heavy atom. The van der Waals surface area contributed by atoms with Crippen LogP contribution >= 0.6 is 0 Å². The molecule has 164 valence electrons. The molecule has 5 heteroatoms. The van der Waals surface area contributed by atoms with Crippen LogP contribution in [-0.2, 0) is 16.1 Å². The summed E-state index contributed by atoms with van der Waals surface area (Å²) >= 11 is 0. The minimum atomic E-state index is -0.0441. The highest BCUT2D eigenvalue weighted by Gasteiger charge is 2.42. The van der Waals surface area contributed by atoms with Crippen LogP contribution in [0.2, 0.25) is 0 Å². The first-order valence-corrected chi connectivity index (χ1v) is 11.6. The van der Waals surface area contributed by atoms with Crippen molar-refractivity contribution in [2.75, 3.05) is 7.05 Å². The fourth-order valence-electron chi connectivity index (χ4n) is 5.40. The monoisotopic (exact) mass is 427 g/mol. The van der Waals surface area contributed by atoms with Gasteiger partial charge in [-0.25, -0.2) is 4.68 Å². The van der Waals surface area contributed by atoms with E-state index in [0.717, 1.165) is 41.8 Å². The molecule has 5 rings (SSSR count). The second kappa shape index (κ2) is 8.73. The van der Waals surface area contributed by atoms with Gasteiger partial charge in [-0.3, -0.25) is 9.59 Å². The molecule has 2 aliphatic rings. The van der Waals surface area contributed by atoms with Gasteiger partial charge < -0.3 is 4.90 Å². The Labute approximate surface area is 189 Å². The van der Waals surface area contributed by atoms with E-state index in [0.29, 0.717) is 25.2 Å². The van der Waals surface area contributed by atoms with E-state index in [9.17, 15) is 9.59 Å². The maximum atomic E-state index is 13.4. The normalized spacial score (nSPS) is 22.5. The van der Waals surface area contributed by atoms with Crippen molar-refractivity contribution in [1.29, 1.82) is 0 Å². The van der Waals surface area contributed by atoms with Crippen molar-refractivity contribution in [3.05, 3.63) is 72.4 Å². The van der Waals surface area contributed by atoms with E-state index in [1.165, 1.54) is 0 Å². The maximum Gasteiger partial charge on any atom is 0.225 e. The zero-order valence-electron chi connectivity index (χ0n) is 18.5. The predicted octanol–water partition coefficient (Wildman–Crippen LogP) is 4.89. The average molecular weight is 428 g/mol. The molecule has 2 fully saturated rings. The van der Waals surface area contributed by atoms with Gasteiger partial charge >= 0.3 is 0 Å². The average Bonchev–Trinajstić information content (AvgIpc) is 3.23. The minimum Gasteiger partial charge on any atom is -0.341 e. The number of carbonyl (C=O) groups excluding carboxylic acids is 2. The van der Waals surface area contributed by atoms with Crippen molar-refractivity contribution in [2.24, 2.45) is 17.8 Å². The lowest BCUT2D eigenvalue weighted by Gasteiger charge is -2.38. The van der Waals surface area contributed by atoms with Gasteiger partial charge in [-0.15, -0.1) is 0 Å². The van der Waals surface area contributed by atoms with E-state index >= 15 is 0 Å². The largest absolute Gasteiger partial charge is 0.341 e. The maximum absolute atomic E-state index is 13.4. The van der Waals surface area contributed by atoms with E-state index in [2.05, 4.69) is 12.1 Å². The van der Waals surface area contributed by atoms with Crippen LogP contribution in [0.5, 0.6) is 0 Å². The van der Waals surface area contributed by atoms with Crippen LogP contribution in [0.3, 0.4) is 0 Å². The highest BCUT2D eigenvalue weighted by Crippen LogP contribution is 2.40. The fraction of sp³-hybridized carbons (Fsp3) is 0.370. The van der Waals surface area contributed by atoms with Crippen LogP contribution in [0.25, 0.3) is 16.9 Å². The first-order chi connectivity index (χ1) is 15.6. The van der Waals surface area contributed by atoms with E-state index in [-0.39, 0.29) is 23.7 Å². The van der Waals surface area contributed by atoms with Gasteiger partial charge in [-0.05, 0) is 37.8 Å². The van der Waals surface area contributed by atoms with Crippen molar-refractivity contribution in [1.82, 2.24) is 14.7 Å². The predicted molar refractivity (Wildman–Crippen MR) is 124 cm³/mol. The molecule has 1 aromatic heterocycles. The molecule has 2 aliphatic carbocycles. The number of hydrogen-bond acceptors (Lipinski definition) is 3. The molecule has 1 amide bonds. The summed E-state index contributed by atoms with van der Waals surface area (Å²) in [6, 6.07) is 20.1. The summed E-state index contributed by atoms with van der Waals surface area (Å²) in [5.74, 6) is 0.688. The van der Waals surface area contributed by atoms with Gasteiger partial charge in [0.25, 0.3) is 0 Å². The lowest BCUT2D eigenvalue weighted by Crippen LogP contribution is -2.43. The zero-order chi connectivity index (χ0) is 22.1. The quantitative estimate of drug-likeness (QED) is 0.582. The van der Waals surface area contributed by atoms with Crippen LogP contribution in [0.4, 0.5) is 0 Å². The topological polar surface area (TPSA) is 55.2 Å². The van der Waals surface area contributed by atoms with Gasteiger partial charge in [0.1, 0.15) is 5.78 Å². The number of para-hydroxylation sites is 1. The van der Waals surface area contributed by atoms with Gasteiger partial charge in [0.2, 0.25) is 5.91 Å². The Bertz CT molecular complexity index is 1090. The molecule has 2 saturated carbocycles. The Balaban J connectivity index is 1.40. The fourth-order valence-corrected chi connectivity index (χ4v) is 5.40. The lowest BCUT2D eigenvalue weighted by molar-refractivity contribution is -0.142. The SMILES string of the molecule is CN(Cc1cn(-c2ccccc2)nc1-c1ccccc1)C(=O)C1CC2CCCC(C1)C2=O. The van der Waals surface area contributed by atoms with E-state index in [4.69, 9.17) is 5.10 Å². The number of amides is 1. The summed E-state index contributed by atoms with van der Waals surface area (Å²) in [5, 5.41) is 4.87. The third-order valence-electron chi connectivity index (χ3n) is 7.04. The molecule has 2 bridgehead atoms. The second-order valence-corrected chi connectivity index (χ2v) is 9.24. The van der Waals surface area contributed by atoms with E-state index in [1.54, 1.807) is 0 Å². The summed E-state index contributed by atoms with van der Waals surface area (Å²) < 4.78 is 1.89. The molecule has 2 unspecified atom stereocenters. The number of Topliss-reactive ketones (excluding diaryl/α,β-unsaturated/α-hetero) is 1. The third kappa shape index (κ3) is 3.99. The first kappa shape index (κ1) is 20.7. The van der Waals surface area contributed by atoms with Crippen LogP contribution in [0, 0.1) is 17.8 Å². The van der Waals surface area contributed by atoms with Crippen molar-refractivity contribution >= 4 is 11.7 Å². The molecule has 2 atom stereocenters. The number of nitrogens with zero attached hydrogens (tertiary/aromatic N) is 3. The smallest absolute Gasteiger partial charge is 0.225 e. The van der Waals surface area contributed by atoms with Crippen molar-refractivity contribution < 1.29 is 9.59 Å². The van der Waals surface area contributed by atoms with E-state index < -0.39 is 0 Å². The van der Waals surface area contributed by atoms with Gasteiger partial charge in [0, 0.05) is 48.7 Å². The number of hydrogen-bond donors (Lipinski definition) is 0. The standard InChI is InChI=1S/C27H29N3O2/c1-29(27(32)22-15-20-11-8-12-21(16-22)26(20)31)17-23-18-30(24-13-6-3-7-14-24)28-25(23)19-9-4-2-5-10-19/h2-7,9-10,13-14,18,20-22H,8,11-12,15-17H2,1H3. The number of rotatable bonds is 5. The van der Waals surface area contributed by atoms with Crippen LogP contribution in [0.15, 0.2) is 66.9 Å². The molecular formula is C27H29N3O2. The van der Waals surface area contributed by atoms with Crippen molar-refractivity contribution in [2.45, 2.75) is 38.6 Å². The molecule has 0 aliphatic heterocycles. The molecule has 0 spiro atoms. The molecule has 5 nitrogen and oxygen atoms in total. The van der Waals surface area contributed by atoms with Crippen molar-refractivity contribution in [3.8, 4) is 16.9 Å². The van der Waals surface area contributed by atoms with Crippen molar-refractivity contribution in [3.63, 3.8) is 0 Å². The van der Waals surface area contributed by atoms with Gasteiger partial charge in [0.15, 0.2) is 0 Å². The lowest BCUT2D eigenvalue weighted by atomic mass is 9.67. The summed E-state index contributed by atoms with van der Waals surface area (Å²) in [6.07, 6.45) is 6.48. The van der Waals surface area contributed by atoms with Gasteiger partial charge in [-0.2, -0.15) is 5.10 Å². The summed E-state index contributed by atoms with van der Waals surface area (Å²) in [5.41, 5.74) is 3.94. The molecule has 0 N–H and O–H groups in total. The van der Waals surface area contributed by atoms with E-state index in [1.807, 2.05) is 71.4 Å². The molecule has 32 heavy (non-hydrogen) atoms. The Kier molecular flexibility index (Phi) is 5.64. The second-order valence-electron chi connectivity index (χ2n) is 9.24. The molecule has 3 aromatic rings. The highest BCUT2D eigenvalue weighted by molar-refractivity contribution is 5.88. The number of fused-ring (bicyclic) bond motifs is 2. The Morgan fingerprint density at radius 3 is 2.28 bits per heavy atom. The minimum absolute atomic E-state index is 0.0441. The molecule has 0 radical (unpaired) electrons. The number of carbonyl (C=O) groups is 2. The number of aromatic nitrogens is 2. The van der Waals surface area contributed by atoms with Crippen LogP contribution in [-0.4, -0.2) is 33.4 Å². The highest BCUT2D eigenvalue weighted by atomic mass is 16.2. The molecule has 0 saturated heterocycles. The third-order valence-corrected chi connectivity index (χ3v) is 7.04.